The average molecular weight is 281 g/mol. The molecule has 3 nitrogen and oxygen atoms in total. The number of hydrogen-bond donors (Lipinski definition) is 0. The molecule has 2 fully saturated rings. The lowest BCUT2D eigenvalue weighted by Crippen LogP contribution is -2.45. The maximum absolute atomic E-state index is 12.9. The molecule has 0 aromatic heterocycles. The minimum absolute atomic E-state index is 0.0126. The van der Waals surface area contributed by atoms with Crippen LogP contribution in [0.1, 0.15) is 19.8 Å². The number of nitrogens with zero attached hydrogens (tertiary/aromatic N) is 1. The Kier molecular flexibility index (Phi) is 2.64. The minimum Gasteiger partial charge on any atom is -0.361 e. The second-order valence-corrected chi connectivity index (χ2v) is 6.38. The van der Waals surface area contributed by atoms with Crippen LogP contribution in [0.2, 0.25) is 0 Å². The fourth-order valence-electron chi connectivity index (χ4n) is 4.06. The molecule has 1 spiro atoms. The highest BCUT2D eigenvalue weighted by Crippen LogP contribution is 2.54. The quantitative estimate of drug-likeness (QED) is 0.797. The van der Waals surface area contributed by atoms with Crippen molar-refractivity contribution in [3.63, 3.8) is 0 Å². The van der Waals surface area contributed by atoms with Crippen LogP contribution in [0.4, 0.5) is 5.69 Å². The first-order valence-corrected chi connectivity index (χ1v) is 7.51. The lowest BCUT2D eigenvalue weighted by molar-refractivity contribution is -0.121. The Hall–Kier alpha value is -1.87. The molecule has 3 heterocycles. The Morgan fingerprint density at radius 1 is 1.43 bits per heavy atom. The molecule has 3 heteroatoms. The van der Waals surface area contributed by atoms with Crippen molar-refractivity contribution in [3.8, 4) is 0 Å². The first-order valence-electron chi connectivity index (χ1n) is 7.51. The Morgan fingerprint density at radius 2 is 2.19 bits per heavy atom. The molecule has 108 valence electrons. The van der Waals surface area contributed by atoms with E-state index in [-0.39, 0.29) is 24.0 Å². The Balaban J connectivity index is 1.81. The summed E-state index contributed by atoms with van der Waals surface area (Å²) in [6.45, 7) is 6.06. The van der Waals surface area contributed by atoms with Crippen molar-refractivity contribution >= 4 is 11.6 Å². The van der Waals surface area contributed by atoms with Crippen LogP contribution in [0.25, 0.3) is 0 Å². The van der Waals surface area contributed by atoms with Crippen LogP contribution >= 0.6 is 0 Å². The zero-order valence-corrected chi connectivity index (χ0v) is 12.2. The molecule has 1 aromatic rings. The first-order chi connectivity index (χ1) is 10.1. The van der Waals surface area contributed by atoms with Gasteiger partial charge in [-0.25, -0.2) is 0 Å². The summed E-state index contributed by atoms with van der Waals surface area (Å²) in [6, 6.07) is 9.92. The van der Waals surface area contributed by atoms with E-state index in [0.29, 0.717) is 0 Å². The maximum Gasteiger partial charge on any atom is 0.233 e. The van der Waals surface area contributed by atoms with Gasteiger partial charge in [-0.1, -0.05) is 35.9 Å². The van der Waals surface area contributed by atoms with Gasteiger partial charge in [0, 0.05) is 5.69 Å². The van der Waals surface area contributed by atoms with Gasteiger partial charge >= 0.3 is 0 Å². The zero-order valence-electron chi connectivity index (χ0n) is 12.2. The molecule has 3 aliphatic rings. The van der Waals surface area contributed by atoms with Gasteiger partial charge < -0.3 is 9.64 Å². The molecule has 3 aliphatic heterocycles. The van der Waals surface area contributed by atoms with Crippen LogP contribution in [0.5, 0.6) is 0 Å². The van der Waals surface area contributed by atoms with E-state index in [2.05, 4.69) is 18.7 Å². The summed E-state index contributed by atoms with van der Waals surface area (Å²) >= 11 is 0. The smallest absolute Gasteiger partial charge is 0.233 e. The highest BCUT2D eigenvalue weighted by Gasteiger charge is 2.65. The van der Waals surface area contributed by atoms with Crippen molar-refractivity contribution in [2.24, 2.45) is 5.92 Å². The normalized spacial score (nSPS) is 36.3. The summed E-state index contributed by atoms with van der Waals surface area (Å²) in [7, 11) is 0. The van der Waals surface area contributed by atoms with Crippen molar-refractivity contribution in [3.05, 3.63) is 54.6 Å². The minimum atomic E-state index is -0.448. The third kappa shape index (κ3) is 1.67. The lowest BCUT2D eigenvalue weighted by atomic mass is 9.80. The summed E-state index contributed by atoms with van der Waals surface area (Å²) < 4.78 is 6.20. The number of carbonyl (C=O) groups excluding carboxylic acids is 1. The van der Waals surface area contributed by atoms with E-state index in [0.717, 1.165) is 24.1 Å². The van der Waals surface area contributed by atoms with E-state index < -0.39 is 5.60 Å². The number of ether oxygens (including phenoxy) is 1. The summed E-state index contributed by atoms with van der Waals surface area (Å²) in [5.74, 6) is 0.149. The maximum atomic E-state index is 12.9. The molecule has 0 aliphatic carbocycles. The van der Waals surface area contributed by atoms with Gasteiger partial charge in [-0.15, -0.1) is 6.58 Å². The summed E-state index contributed by atoms with van der Waals surface area (Å²) in [5.41, 5.74) is 1.59. The largest absolute Gasteiger partial charge is 0.361 e. The highest BCUT2D eigenvalue weighted by molar-refractivity contribution is 6.00. The molecule has 2 bridgehead atoms. The third-order valence-electron chi connectivity index (χ3n) is 4.88. The number of rotatable bonds is 3. The summed E-state index contributed by atoms with van der Waals surface area (Å²) in [4.78, 5) is 14.9. The van der Waals surface area contributed by atoms with Gasteiger partial charge in [0.25, 0.3) is 0 Å². The number of fused-ring (bicyclic) bond motifs is 1. The standard InChI is InChI=1S/C18H19NO2/c1-12(2)10-16-18-9-8-14(21-18)11-15(18)17(20)19(16)13-6-4-3-5-7-13/h3-9,14-16H,1,10-11H2,2H3/t14-,15+,16?,18+/m1/s1. The van der Waals surface area contributed by atoms with E-state index in [4.69, 9.17) is 4.74 Å². The number of para-hydroxylation sites is 1. The average Bonchev–Trinajstić information content (AvgIpc) is 3.11. The molecule has 4 rings (SSSR count). The Labute approximate surface area is 124 Å². The number of hydrogen-bond acceptors (Lipinski definition) is 2. The molecule has 1 aromatic carbocycles. The molecule has 0 saturated carbocycles. The summed E-state index contributed by atoms with van der Waals surface area (Å²) in [6.07, 6.45) is 5.94. The van der Waals surface area contributed by atoms with E-state index in [1.165, 1.54) is 0 Å². The molecule has 0 N–H and O–H groups in total. The van der Waals surface area contributed by atoms with Crippen molar-refractivity contribution in [2.75, 3.05) is 4.90 Å². The molecule has 4 atom stereocenters. The van der Waals surface area contributed by atoms with Gasteiger partial charge in [-0.2, -0.15) is 0 Å². The molecule has 0 radical (unpaired) electrons. The van der Waals surface area contributed by atoms with Crippen molar-refractivity contribution in [1.29, 1.82) is 0 Å². The monoisotopic (exact) mass is 281 g/mol. The van der Waals surface area contributed by atoms with Crippen LogP contribution in [-0.4, -0.2) is 23.7 Å². The zero-order chi connectivity index (χ0) is 14.6. The van der Waals surface area contributed by atoms with Gasteiger partial charge in [0.1, 0.15) is 5.60 Å². The molecule has 1 unspecified atom stereocenters. The predicted molar refractivity (Wildman–Crippen MR) is 82.0 cm³/mol. The van der Waals surface area contributed by atoms with E-state index >= 15 is 0 Å². The molecular weight excluding hydrogens is 262 g/mol. The van der Waals surface area contributed by atoms with Crippen LogP contribution in [0.3, 0.4) is 0 Å². The van der Waals surface area contributed by atoms with E-state index in [1.54, 1.807) is 0 Å². The predicted octanol–water partition coefficient (Wildman–Crippen LogP) is 3.08. The molecule has 1 amide bonds. The molecular formula is C18H19NO2. The van der Waals surface area contributed by atoms with Gasteiger partial charge in [-0.05, 0) is 31.9 Å². The third-order valence-corrected chi connectivity index (χ3v) is 4.88. The van der Waals surface area contributed by atoms with Crippen molar-refractivity contribution in [2.45, 2.75) is 37.5 Å². The van der Waals surface area contributed by atoms with Gasteiger partial charge in [0.05, 0.1) is 18.1 Å². The number of amides is 1. The number of benzene rings is 1. The van der Waals surface area contributed by atoms with Crippen LogP contribution in [-0.2, 0) is 9.53 Å². The summed E-state index contributed by atoms with van der Waals surface area (Å²) in [5, 5.41) is 0. The number of carbonyl (C=O) groups is 1. The SMILES string of the molecule is C=C(C)CC1N(c2ccccc2)C(=O)[C@@H]2C[C@H]3C=C[C@@]12O3. The lowest BCUT2D eigenvalue weighted by Gasteiger charge is -2.33. The highest BCUT2D eigenvalue weighted by atomic mass is 16.5. The fourth-order valence-corrected chi connectivity index (χ4v) is 4.06. The Bertz CT molecular complexity index is 636. The van der Waals surface area contributed by atoms with Gasteiger partial charge in [0.15, 0.2) is 0 Å². The first kappa shape index (κ1) is 12.8. The van der Waals surface area contributed by atoms with E-state index in [9.17, 15) is 4.79 Å². The van der Waals surface area contributed by atoms with Crippen molar-refractivity contribution in [1.82, 2.24) is 0 Å². The van der Waals surface area contributed by atoms with Crippen molar-refractivity contribution < 1.29 is 9.53 Å². The van der Waals surface area contributed by atoms with E-state index in [1.807, 2.05) is 42.2 Å². The van der Waals surface area contributed by atoms with Gasteiger partial charge in [0.2, 0.25) is 5.91 Å². The van der Waals surface area contributed by atoms with Crippen LogP contribution in [0, 0.1) is 5.92 Å². The fraction of sp³-hybridized carbons (Fsp3) is 0.389. The molecule has 21 heavy (non-hydrogen) atoms. The number of anilines is 1. The van der Waals surface area contributed by atoms with Gasteiger partial charge in [-0.3, -0.25) is 4.79 Å². The van der Waals surface area contributed by atoms with Crippen LogP contribution < -0.4 is 4.90 Å². The van der Waals surface area contributed by atoms with Crippen LogP contribution in [0.15, 0.2) is 54.6 Å². The topological polar surface area (TPSA) is 29.5 Å². The second-order valence-electron chi connectivity index (χ2n) is 6.38. The molecule has 2 saturated heterocycles. The Morgan fingerprint density at radius 3 is 2.86 bits per heavy atom. The second kappa shape index (κ2) is 4.31.